The van der Waals surface area contributed by atoms with E-state index in [1.165, 1.54) is 36.0 Å². The van der Waals surface area contributed by atoms with Gasteiger partial charge in [-0.2, -0.15) is 0 Å². The highest BCUT2D eigenvalue weighted by Gasteiger charge is 2.11. The first-order valence-electron chi connectivity index (χ1n) is 7.39. The number of benzene rings is 2. The van der Waals surface area contributed by atoms with Crippen LogP contribution in [0.2, 0.25) is 0 Å². The zero-order valence-electron chi connectivity index (χ0n) is 13.1. The Morgan fingerprint density at radius 1 is 1.17 bits per heavy atom. The van der Waals surface area contributed by atoms with Gasteiger partial charge in [0.05, 0.1) is 17.6 Å². The molecule has 0 saturated carbocycles. The summed E-state index contributed by atoms with van der Waals surface area (Å²) < 4.78 is 14.8. The van der Waals surface area contributed by atoms with Crippen molar-refractivity contribution in [2.24, 2.45) is 7.05 Å². The van der Waals surface area contributed by atoms with Gasteiger partial charge in [0.2, 0.25) is 5.91 Å². The number of aromatic nitrogens is 2. The second-order valence-corrected chi connectivity index (χ2v) is 6.14. The molecule has 0 radical (unpaired) electrons. The lowest BCUT2D eigenvalue weighted by Crippen LogP contribution is -2.14. The Hall–Kier alpha value is -2.60. The summed E-state index contributed by atoms with van der Waals surface area (Å²) in [6, 6.07) is 15.7. The van der Waals surface area contributed by atoms with Crippen LogP contribution < -0.4 is 5.32 Å². The van der Waals surface area contributed by atoms with E-state index < -0.39 is 0 Å². The van der Waals surface area contributed by atoms with E-state index in [9.17, 15) is 9.18 Å². The fourth-order valence-corrected chi connectivity index (χ4v) is 3.02. The molecule has 0 aliphatic heterocycles. The maximum Gasteiger partial charge on any atom is 0.234 e. The predicted molar refractivity (Wildman–Crippen MR) is 94.4 cm³/mol. The van der Waals surface area contributed by atoms with E-state index in [2.05, 4.69) is 10.3 Å². The summed E-state index contributed by atoms with van der Waals surface area (Å²) in [5, 5.41) is 3.50. The number of rotatable bonds is 5. The number of anilines is 1. The highest BCUT2D eigenvalue weighted by atomic mass is 32.2. The summed E-state index contributed by atoms with van der Waals surface area (Å²) in [5.41, 5.74) is 2.65. The van der Waals surface area contributed by atoms with Crippen LogP contribution in [0, 0.1) is 5.82 Å². The Bertz CT molecular complexity index is 831. The first-order valence-corrected chi connectivity index (χ1v) is 8.37. The Morgan fingerprint density at radius 2 is 1.88 bits per heavy atom. The molecule has 1 aromatic heterocycles. The minimum Gasteiger partial charge on any atom is -0.325 e. The molecule has 3 aromatic rings. The van der Waals surface area contributed by atoms with Crippen LogP contribution in [0.3, 0.4) is 0 Å². The number of imidazole rings is 1. The van der Waals surface area contributed by atoms with E-state index in [4.69, 9.17) is 0 Å². The van der Waals surface area contributed by atoms with E-state index in [0.717, 1.165) is 16.4 Å². The van der Waals surface area contributed by atoms with E-state index in [0.29, 0.717) is 5.69 Å². The first-order chi connectivity index (χ1) is 11.6. The molecule has 1 N–H and O–H groups in total. The van der Waals surface area contributed by atoms with Gasteiger partial charge in [-0.05, 0) is 29.8 Å². The largest absolute Gasteiger partial charge is 0.325 e. The van der Waals surface area contributed by atoms with Gasteiger partial charge >= 0.3 is 0 Å². The Labute approximate surface area is 143 Å². The average Bonchev–Trinajstić information content (AvgIpc) is 2.97. The lowest BCUT2D eigenvalue weighted by atomic mass is 10.2. The van der Waals surface area contributed by atoms with Crippen LogP contribution in [0.5, 0.6) is 0 Å². The number of carbonyl (C=O) groups is 1. The minimum atomic E-state index is -0.330. The molecule has 2 aromatic carbocycles. The van der Waals surface area contributed by atoms with Gasteiger partial charge in [-0.1, -0.05) is 42.1 Å². The topological polar surface area (TPSA) is 46.9 Å². The van der Waals surface area contributed by atoms with Gasteiger partial charge in [0.1, 0.15) is 5.82 Å². The molecule has 0 bridgehead atoms. The number of halogens is 1. The maximum absolute atomic E-state index is 12.9. The van der Waals surface area contributed by atoms with Crippen molar-refractivity contribution >= 4 is 23.4 Å². The monoisotopic (exact) mass is 341 g/mol. The molecule has 3 rings (SSSR count). The van der Waals surface area contributed by atoms with Crippen LogP contribution in [-0.2, 0) is 11.8 Å². The number of carbonyl (C=O) groups excluding carboxylic acids is 1. The van der Waals surface area contributed by atoms with Gasteiger partial charge in [0, 0.05) is 12.7 Å². The Kier molecular flexibility index (Phi) is 4.96. The Balaban J connectivity index is 1.62. The quantitative estimate of drug-likeness (QED) is 0.715. The van der Waals surface area contributed by atoms with Gasteiger partial charge in [-0.25, -0.2) is 9.37 Å². The molecule has 0 fully saturated rings. The molecule has 4 nitrogen and oxygen atoms in total. The molecule has 24 heavy (non-hydrogen) atoms. The van der Waals surface area contributed by atoms with Crippen molar-refractivity contribution in [3.63, 3.8) is 0 Å². The number of thioether (sulfide) groups is 1. The van der Waals surface area contributed by atoms with Crippen molar-refractivity contribution in [3.05, 3.63) is 66.6 Å². The average molecular weight is 341 g/mol. The maximum atomic E-state index is 12.9. The molecule has 0 saturated heterocycles. The van der Waals surface area contributed by atoms with Crippen LogP contribution >= 0.6 is 11.8 Å². The predicted octanol–water partition coefficient (Wildman–Crippen LogP) is 3.96. The molecule has 0 aliphatic rings. The van der Waals surface area contributed by atoms with Crippen molar-refractivity contribution < 1.29 is 9.18 Å². The van der Waals surface area contributed by atoms with E-state index in [1.807, 2.05) is 41.9 Å². The van der Waals surface area contributed by atoms with Crippen molar-refractivity contribution in [2.75, 3.05) is 11.1 Å². The summed E-state index contributed by atoms with van der Waals surface area (Å²) in [7, 11) is 1.93. The van der Waals surface area contributed by atoms with Crippen LogP contribution in [0.4, 0.5) is 10.1 Å². The summed E-state index contributed by atoms with van der Waals surface area (Å²) >= 11 is 1.36. The molecule has 1 heterocycles. The summed E-state index contributed by atoms with van der Waals surface area (Å²) in [6.07, 6.45) is 1.80. The van der Waals surface area contributed by atoms with Gasteiger partial charge in [-0.3, -0.25) is 4.79 Å². The van der Waals surface area contributed by atoms with Gasteiger partial charge < -0.3 is 9.88 Å². The third-order valence-electron chi connectivity index (χ3n) is 3.48. The van der Waals surface area contributed by atoms with E-state index in [1.54, 1.807) is 6.20 Å². The van der Waals surface area contributed by atoms with Crippen LogP contribution in [0.1, 0.15) is 0 Å². The number of nitrogens with zero attached hydrogens (tertiary/aromatic N) is 2. The lowest BCUT2D eigenvalue weighted by Gasteiger charge is -2.07. The van der Waals surface area contributed by atoms with Crippen molar-refractivity contribution in [1.82, 2.24) is 9.55 Å². The molecule has 0 unspecified atom stereocenters. The third kappa shape index (κ3) is 3.83. The molecule has 122 valence electrons. The van der Waals surface area contributed by atoms with E-state index in [-0.39, 0.29) is 17.5 Å². The molecule has 0 spiro atoms. The molecule has 0 atom stereocenters. The number of hydrogen-bond donors (Lipinski definition) is 1. The van der Waals surface area contributed by atoms with Crippen LogP contribution in [0.15, 0.2) is 66.0 Å². The normalized spacial score (nSPS) is 10.6. The second kappa shape index (κ2) is 7.31. The highest BCUT2D eigenvalue weighted by Crippen LogP contribution is 2.24. The fraction of sp³-hybridized carbons (Fsp3) is 0.111. The summed E-state index contributed by atoms with van der Waals surface area (Å²) in [4.78, 5) is 16.4. The van der Waals surface area contributed by atoms with Crippen LogP contribution in [-0.4, -0.2) is 21.2 Å². The number of nitrogens with one attached hydrogen (secondary N) is 1. The van der Waals surface area contributed by atoms with Gasteiger partial charge in [-0.15, -0.1) is 0 Å². The van der Waals surface area contributed by atoms with Gasteiger partial charge in [0.15, 0.2) is 5.16 Å². The second-order valence-electron chi connectivity index (χ2n) is 5.19. The molecule has 1 amide bonds. The lowest BCUT2D eigenvalue weighted by molar-refractivity contribution is -0.113. The van der Waals surface area contributed by atoms with Crippen molar-refractivity contribution in [1.29, 1.82) is 0 Å². The SMILES string of the molecule is Cn1c(-c2ccccc2)cnc1SCC(=O)Nc1ccc(F)cc1. The standard InChI is InChI=1S/C18H16FN3OS/c1-22-16(13-5-3-2-4-6-13)11-20-18(22)24-12-17(23)21-15-9-7-14(19)8-10-15/h2-11H,12H2,1H3,(H,21,23). The smallest absolute Gasteiger partial charge is 0.234 e. The zero-order chi connectivity index (χ0) is 16.9. The molecule has 6 heteroatoms. The number of hydrogen-bond acceptors (Lipinski definition) is 3. The van der Waals surface area contributed by atoms with Crippen molar-refractivity contribution in [3.8, 4) is 11.3 Å². The Morgan fingerprint density at radius 3 is 2.58 bits per heavy atom. The van der Waals surface area contributed by atoms with E-state index >= 15 is 0 Å². The summed E-state index contributed by atoms with van der Waals surface area (Å²) in [5.74, 6) is -0.254. The highest BCUT2D eigenvalue weighted by molar-refractivity contribution is 7.99. The molecular weight excluding hydrogens is 325 g/mol. The molecule has 0 aliphatic carbocycles. The first kappa shape index (κ1) is 16.3. The zero-order valence-corrected chi connectivity index (χ0v) is 13.9. The number of amides is 1. The van der Waals surface area contributed by atoms with Crippen molar-refractivity contribution in [2.45, 2.75) is 5.16 Å². The van der Waals surface area contributed by atoms with Gasteiger partial charge in [0.25, 0.3) is 0 Å². The fourth-order valence-electron chi connectivity index (χ4n) is 2.26. The minimum absolute atomic E-state index is 0.157. The molecular formula is C18H16FN3OS. The summed E-state index contributed by atoms with van der Waals surface area (Å²) in [6.45, 7) is 0. The van der Waals surface area contributed by atoms with Crippen LogP contribution in [0.25, 0.3) is 11.3 Å². The third-order valence-corrected chi connectivity index (χ3v) is 4.52.